The van der Waals surface area contributed by atoms with Crippen molar-refractivity contribution in [2.45, 2.75) is 44.8 Å². The van der Waals surface area contributed by atoms with Gasteiger partial charge in [-0.05, 0) is 36.0 Å². The predicted molar refractivity (Wildman–Crippen MR) is 77.4 cm³/mol. The number of fused-ring (bicyclic) bond motifs is 1. The molecule has 2 unspecified atom stereocenters. The second kappa shape index (κ2) is 6.86. The van der Waals surface area contributed by atoms with Crippen LogP contribution in [0.3, 0.4) is 0 Å². The summed E-state index contributed by atoms with van der Waals surface area (Å²) >= 11 is 0. The number of amides is 1. The van der Waals surface area contributed by atoms with Crippen LogP contribution >= 0.6 is 0 Å². The van der Waals surface area contributed by atoms with Gasteiger partial charge in [-0.1, -0.05) is 25.1 Å². The SMILES string of the molecule is CCC(=O)NC1CCCc2ccc(C(O)COC)cc21. The number of hydrogen-bond acceptors (Lipinski definition) is 3. The van der Waals surface area contributed by atoms with E-state index in [-0.39, 0.29) is 18.6 Å². The summed E-state index contributed by atoms with van der Waals surface area (Å²) in [5.41, 5.74) is 3.26. The van der Waals surface area contributed by atoms with Crippen molar-refractivity contribution in [1.29, 1.82) is 0 Å². The molecule has 110 valence electrons. The van der Waals surface area contributed by atoms with Crippen LogP contribution in [0, 0.1) is 0 Å². The number of carbonyl (C=O) groups is 1. The van der Waals surface area contributed by atoms with E-state index in [2.05, 4.69) is 11.4 Å². The van der Waals surface area contributed by atoms with Gasteiger partial charge in [0.15, 0.2) is 0 Å². The van der Waals surface area contributed by atoms with Gasteiger partial charge in [0.1, 0.15) is 6.10 Å². The fourth-order valence-corrected chi connectivity index (χ4v) is 2.73. The van der Waals surface area contributed by atoms with Crippen LogP contribution in [0.15, 0.2) is 18.2 Å². The number of ether oxygens (including phenoxy) is 1. The van der Waals surface area contributed by atoms with Gasteiger partial charge in [-0.15, -0.1) is 0 Å². The maximum Gasteiger partial charge on any atom is 0.220 e. The monoisotopic (exact) mass is 277 g/mol. The van der Waals surface area contributed by atoms with Crippen LogP contribution in [0.1, 0.15) is 55.0 Å². The number of carbonyl (C=O) groups excluding carboxylic acids is 1. The number of methoxy groups -OCH3 is 1. The molecule has 1 amide bonds. The van der Waals surface area contributed by atoms with E-state index in [0.29, 0.717) is 6.42 Å². The molecule has 2 atom stereocenters. The maximum atomic E-state index is 11.6. The Balaban J connectivity index is 2.24. The third kappa shape index (κ3) is 3.38. The number of hydrogen-bond donors (Lipinski definition) is 2. The Bertz CT molecular complexity index is 473. The van der Waals surface area contributed by atoms with E-state index in [9.17, 15) is 9.90 Å². The molecule has 2 N–H and O–H groups in total. The molecule has 20 heavy (non-hydrogen) atoms. The summed E-state index contributed by atoms with van der Waals surface area (Å²) in [5.74, 6) is 0.0747. The Morgan fingerprint density at radius 1 is 1.55 bits per heavy atom. The zero-order valence-electron chi connectivity index (χ0n) is 12.2. The van der Waals surface area contributed by atoms with Crippen LogP contribution < -0.4 is 5.32 Å². The molecule has 0 spiro atoms. The molecule has 4 heteroatoms. The van der Waals surface area contributed by atoms with Gasteiger partial charge in [0.25, 0.3) is 0 Å². The summed E-state index contributed by atoms with van der Waals surface area (Å²) < 4.78 is 4.99. The van der Waals surface area contributed by atoms with Crippen molar-refractivity contribution in [1.82, 2.24) is 5.32 Å². The molecule has 0 saturated heterocycles. The van der Waals surface area contributed by atoms with Crippen LogP contribution in [0.2, 0.25) is 0 Å². The molecule has 0 radical (unpaired) electrons. The smallest absolute Gasteiger partial charge is 0.220 e. The van der Waals surface area contributed by atoms with Gasteiger partial charge in [-0.25, -0.2) is 0 Å². The quantitative estimate of drug-likeness (QED) is 0.868. The highest BCUT2D eigenvalue weighted by molar-refractivity contribution is 5.76. The largest absolute Gasteiger partial charge is 0.386 e. The van der Waals surface area contributed by atoms with Crippen LogP contribution in [-0.2, 0) is 16.0 Å². The molecule has 0 aromatic heterocycles. The van der Waals surface area contributed by atoms with Gasteiger partial charge < -0.3 is 15.2 Å². The Hall–Kier alpha value is -1.39. The lowest BCUT2D eigenvalue weighted by molar-refractivity contribution is -0.121. The molecule has 2 rings (SSSR count). The molecule has 4 nitrogen and oxygen atoms in total. The van der Waals surface area contributed by atoms with Gasteiger partial charge in [-0.2, -0.15) is 0 Å². The van der Waals surface area contributed by atoms with Crippen molar-refractivity contribution in [3.63, 3.8) is 0 Å². The number of aliphatic hydroxyl groups excluding tert-OH is 1. The molecule has 0 saturated carbocycles. The minimum absolute atomic E-state index is 0.0703. The first-order valence-corrected chi connectivity index (χ1v) is 7.24. The number of rotatable bonds is 5. The van der Waals surface area contributed by atoms with Crippen LogP contribution in [0.25, 0.3) is 0 Å². The van der Waals surface area contributed by atoms with Gasteiger partial charge >= 0.3 is 0 Å². The van der Waals surface area contributed by atoms with Crippen LogP contribution in [0.5, 0.6) is 0 Å². The van der Waals surface area contributed by atoms with Gasteiger partial charge in [-0.3, -0.25) is 4.79 Å². The molecule has 1 aliphatic carbocycles. The average molecular weight is 277 g/mol. The second-order valence-corrected chi connectivity index (χ2v) is 5.30. The molecule has 1 aliphatic rings. The summed E-state index contributed by atoms with van der Waals surface area (Å²) in [4.78, 5) is 11.6. The minimum Gasteiger partial charge on any atom is -0.386 e. The third-order valence-electron chi connectivity index (χ3n) is 3.85. The summed E-state index contributed by atoms with van der Waals surface area (Å²) in [6.45, 7) is 2.14. The summed E-state index contributed by atoms with van der Waals surface area (Å²) in [6, 6.07) is 6.10. The van der Waals surface area contributed by atoms with E-state index >= 15 is 0 Å². The van der Waals surface area contributed by atoms with Crippen LogP contribution in [0.4, 0.5) is 0 Å². The average Bonchev–Trinajstić information content (AvgIpc) is 2.47. The van der Waals surface area contributed by atoms with Crippen molar-refractivity contribution < 1.29 is 14.6 Å². The highest BCUT2D eigenvalue weighted by Gasteiger charge is 2.22. The minimum atomic E-state index is -0.616. The molecule has 1 aromatic carbocycles. The number of benzene rings is 1. The molecule has 1 aromatic rings. The predicted octanol–water partition coefficient (Wildman–Crippen LogP) is 2.27. The fourth-order valence-electron chi connectivity index (χ4n) is 2.73. The normalized spacial score (nSPS) is 19.2. The second-order valence-electron chi connectivity index (χ2n) is 5.30. The lowest BCUT2D eigenvalue weighted by Gasteiger charge is -2.27. The van der Waals surface area contributed by atoms with Crippen molar-refractivity contribution in [3.8, 4) is 0 Å². The standard InChI is InChI=1S/C16H23NO3/c1-3-16(19)17-14-6-4-5-11-7-8-12(9-13(11)14)15(18)10-20-2/h7-9,14-15,18H,3-6,10H2,1-2H3,(H,17,19). The van der Waals surface area contributed by atoms with E-state index in [1.54, 1.807) is 7.11 Å². The Morgan fingerprint density at radius 3 is 3.05 bits per heavy atom. The molecular weight excluding hydrogens is 254 g/mol. The highest BCUT2D eigenvalue weighted by Crippen LogP contribution is 2.32. The lowest BCUT2D eigenvalue weighted by Crippen LogP contribution is -2.30. The van der Waals surface area contributed by atoms with E-state index < -0.39 is 6.10 Å². The van der Waals surface area contributed by atoms with Crippen molar-refractivity contribution in [3.05, 3.63) is 34.9 Å². The van der Waals surface area contributed by atoms with Gasteiger partial charge in [0.2, 0.25) is 5.91 Å². The zero-order valence-corrected chi connectivity index (χ0v) is 12.2. The molecule has 0 bridgehead atoms. The van der Waals surface area contributed by atoms with Crippen molar-refractivity contribution >= 4 is 5.91 Å². The lowest BCUT2D eigenvalue weighted by atomic mass is 9.86. The van der Waals surface area contributed by atoms with Gasteiger partial charge in [0, 0.05) is 13.5 Å². The molecule has 0 heterocycles. The summed E-state index contributed by atoms with van der Waals surface area (Å²) in [5, 5.41) is 13.1. The zero-order chi connectivity index (χ0) is 14.5. The van der Waals surface area contributed by atoms with E-state index in [1.165, 1.54) is 5.56 Å². The van der Waals surface area contributed by atoms with E-state index in [4.69, 9.17) is 4.74 Å². The number of aliphatic hydroxyl groups is 1. The summed E-state index contributed by atoms with van der Waals surface area (Å²) in [7, 11) is 1.58. The van der Waals surface area contributed by atoms with Crippen molar-refractivity contribution in [2.75, 3.05) is 13.7 Å². The molecule has 0 fully saturated rings. The molecule has 0 aliphatic heterocycles. The van der Waals surface area contributed by atoms with Gasteiger partial charge in [0.05, 0.1) is 12.6 Å². The first-order valence-electron chi connectivity index (χ1n) is 7.24. The Morgan fingerprint density at radius 2 is 2.35 bits per heavy atom. The van der Waals surface area contributed by atoms with E-state index in [1.807, 2.05) is 19.1 Å². The summed E-state index contributed by atoms with van der Waals surface area (Å²) in [6.07, 6.45) is 2.96. The number of nitrogens with one attached hydrogen (secondary N) is 1. The topological polar surface area (TPSA) is 58.6 Å². The first kappa shape index (κ1) is 15.0. The van der Waals surface area contributed by atoms with Crippen LogP contribution in [-0.4, -0.2) is 24.7 Å². The van der Waals surface area contributed by atoms with Crippen molar-refractivity contribution in [2.24, 2.45) is 0 Å². The Labute approximate surface area is 120 Å². The van der Waals surface area contributed by atoms with E-state index in [0.717, 1.165) is 30.4 Å². The molecular formula is C16H23NO3. The first-order chi connectivity index (χ1) is 9.65. The fraction of sp³-hybridized carbons (Fsp3) is 0.562. The number of aryl methyl sites for hydroxylation is 1. The Kier molecular flexibility index (Phi) is 5.15. The maximum absolute atomic E-state index is 11.6. The third-order valence-corrected chi connectivity index (χ3v) is 3.85. The highest BCUT2D eigenvalue weighted by atomic mass is 16.5.